The lowest BCUT2D eigenvalue weighted by Gasteiger charge is -2.47. The number of aliphatic hydroxyl groups is 1. The molecule has 14 heteroatoms. The van der Waals surface area contributed by atoms with Gasteiger partial charge in [-0.2, -0.15) is 4.98 Å². The second-order valence-corrected chi connectivity index (χ2v) is 23.2. The SMILES string of the molecule is CC(C)(C)OC(=O)N1CCC2(CC1)CCN(c1ccc(-c3nc4nc(O[C@@H]5CO[C@H]6[C@@H]5OC[C@H]6O)[nH]c4cc3C(Cl)OCC[Si](C)(C)C)cc1)CC2. The molecule has 52 heavy (non-hydrogen) atoms. The Balaban J connectivity index is 1.05. The molecule has 1 spiro atoms. The van der Waals surface area contributed by atoms with Gasteiger partial charge in [-0.05, 0) is 76.1 Å². The van der Waals surface area contributed by atoms with Crippen LogP contribution in [0.25, 0.3) is 22.4 Å². The molecule has 4 aliphatic rings. The number of likely N-dealkylation sites (tertiary alicyclic amines) is 1. The molecule has 4 fully saturated rings. The Hall–Kier alpha value is -2.94. The summed E-state index contributed by atoms with van der Waals surface area (Å²) in [6, 6.07) is 11.8. The molecule has 2 aromatic heterocycles. The van der Waals surface area contributed by atoms with Crippen LogP contribution in [-0.2, 0) is 18.9 Å². The van der Waals surface area contributed by atoms with Crippen molar-refractivity contribution in [2.24, 2.45) is 5.41 Å². The van der Waals surface area contributed by atoms with E-state index >= 15 is 0 Å². The van der Waals surface area contributed by atoms with Gasteiger partial charge in [0.2, 0.25) is 0 Å². The molecule has 7 rings (SSSR count). The maximum Gasteiger partial charge on any atom is 0.410 e. The maximum atomic E-state index is 12.6. The largest absolute Gasteiger partial charge is 0.456 e. The first-order chi connectivity index (χ1) is 24.7. The molecule has 0 bridgehead atoms. The van der Waals surface area contributed by atoms with Crippen LogP contribution in [0.3, 0.4) is 0 Å². The number of rotatable bonds is 9. The van der Waals surface area contributed by atoms with Crippen LogP contribution in [-0.4, -0.2) is 115 Å². The number of aromatic amines is 1. The summed E-state index contributed by atoms with van der Waals surface area (Å²) in [5, 5.41) is 10.1. The van der Waals surface area contributed by atoms with Gasteiger partial charge in [0.25, 0.3) is 6.01 Å². The van der Waals surface area contributed by atoms with Gasteiger partial charge in [-0.3, -0.25) is 0 Å². The number of carbonyl (C=O) groups is 1. The van der Waals surface area contributed by atoms with Gasteiger partial charge >= 0.3 is 6.09 Å². The molecule has 1 amide bonds. The summed E-state index contributed by atoms with van der Waals surface area (Å²) in [5.74, 6) is 0. The number of alkyl halides is 1. The van der Waals surface area contributed by atoms with Crippen molar-refractivity contribution < 1.29 is 33.6 Å². The van der Waals surface area contributed by atoms with Crippen LogP contribution in [0.1, 0.15) is 57.6 Å². The fourth-order valence-electron chi connectivity index (χ4n) is 7.70. The van der Waals surface area contributed by atoms with Gasteiger partial charge in [-0.25, -0.2) is 9.78 Å². The molecule has 6 heterocycles. The highest BCUT2D eigenvalue weighted by Crippen LogP contribution is 2.43. The predicted molar refractivity (Wildman–Crippen MR) is 203 cm³/mol. The van der Waals surface area contributed by atoms with Crippen LogP contribution in [0.2, 0.25) is 25.7 Å². The number of amides is 1. The number of piperidine rings is 2. The van der Waals surface area contributed by atoms with Crippen molar-refractivity contribution in [2.45, 2.75) is 108 Å². The molecule has 0 radical (unpaired) electrons. The zero-order valence-electron chi connectivity index (χ0n) is 31.3. The number of nitrogens with zero attached hydrogens (tertiary/aromatic N) is 4. The van der Waals surface area contributed by atoms with Crippen molar-refractivity contribution in [3.05, 3.63) is 35.9 Å². The first-order valence-electron chi connectivity index (χ1n) is 18.7. The number of hydrogen-bond donors (Lipinski definition) is 2. The predicted octanol–water partition coefficient (Wildman–Crippen LogP) is 6.74. The van der Waals surface area contributed by atoms with Crippen LogP contribution in [0.4, 0.5) is 10.5 Å². The summed E-state index contributed by atoms with van der Waals surface area (Å²) >= 11 is 6.98. The first-order valence-corrected chi connectivity index (χ1v) is 22.9. The highest BCUT2D eigenvalue weighted by atomic mass is 35.5. The number of pyridine rings is 1. The molecule has 3 aromatic rings. The summed E-state index contributed by atoms with van der Waals surface area (Å²) in [5.41, 5.74) is 3.86. The van der Waals surface area contributed by atoms with Crippen LogP contribution in [0, 0.1) is 5.41 Å². The third kappa shape index (κ3) is 8.39. The van der Waals surface area contributed by atoms with Gasteiger partial charge in [0.05, 0.1) is 24.4 Å². The fourth-order valence-corrected chi connectivity index (χ4v) is 8.69. The van der Waals surface area contributed by atoms with E-state index < -0.39 is 37.5 Å². The Morgan fingerprint density at radius 2 is 1.71 bits per heavy atom. The number of benzene rings is 1. The minimum atomic E-state index is -1.32. The number of imidazole rings is 1. The number of hydrogen-bond acceptors (Lipinski definition) is 10. The Kier molecular flexibility index (Phi) is 10.6. The van der Waals surface area contributed by atoms with E-state index in [4.69, 9.17) is 40.3 Å². The Morgan fingerprint density at radius 3 is 2.38 bits per heavy atom. The molecule has 4 aliphatic heterocycles. The van der Waals surface area contributed by atoms with Crippen molar-refractivity contribution in [1.82, 2.24) is 19.9 Å². The third-order valence-electron chi connectivity index (χ3n) is 10.9. The van der Waals surface area contributed by atoms with E-state index in [9.17, 15) is 9.90 Å². The standard InChI is InChI=1S/C38H54ClN5O7Si/c1-37(2,3)51-36(46)44-17-13-38(14-18-44)11-15-43(16-12-38)25-9-7-24(8-10-25)30-26(33(39)47-19-20-52(4,5)6)21-27-34(41-30)42-35(40-27)50-29-23-49-31-28(45)22-48-32(29)31/h7-10,21,28-29,31-33,45H,11-20,22-23H2,1-6H3,(H,40,41,42)/t28-,29-,31-,32-,33?/m1/s1. The van der Waals surface area contributed by atoms with E-state index in [0.717, 1.165) is 69.0 Å². The van der Waals surface area contributed by atoms with E-state index in [1.165, 1.54) is 5.69 Å². The smallest absolute Gasteiger partial charge is 0.410 e. The van der Waals surface area contributed by atoms with Gasteiger partial charge in [0.1, 0.15) is 23.9 Å². The number of anilines is 1. The highest BCUT2D eigenvalue weighted by Gasteiger charge is 2.49. The summed E-state index contributed by atoms with van der Waals surface area (Å²) in [6.07, 6.45) is 2.24. The van der Waals surface area contributed by atoms with E-state index in [2.05, 4.69) is 58.8 Å². The molecule has 12 nitrogen and oxygen atoms in total. The molecule has 1 unspecified atom stereocenters. The van der Waals surface area contributed by atoms with Crippen LogP contribution < -0.4 is 9.64 Å². The molecule has 1 aromatic carbocycles. The Bertz CT molecular complexity index is 1710. The molecule has 284 valence electrons. The quantitative estimate of drug-likeness (QED) is 0.179. The average molecular weight is 756 g/mol. The lowest BCUT2D eigenvalue weighted by Crippen LogP contribution is -2.49. The molecule has 4 saturated heterocycles. The van der Waals surface area contributed by atoms with E-state index in [-0.39, 0.29) is 24.2 Å². The second-order valence-electron chi connectivity index (χ2n) is 17.2. The van der Waals surface area contributed by atoms with E-state index in [1.54, 1.807) is 0 Å². The normalized spacial score (nSPS) is 25.5. The molecule has 0 saturated carbocycles. The van der Waals surface area contributed by atoms with Crippen LogP contribution in [0.5, 0.6) is 6.01 Å². The minimum Gasteiger partial charge on any atom is -0.456 e. The molecule has 5 atom stereocenters. The van der Waals surface area contributed by atoms with Gasteiger partial charge in [-0.1, -0.05) is 43.4 Å². The van der Waals surface area contributed by atoms with Gasteiger partial charge in [0, 0.05) is 57.7 Å². The highest BCUT2D eigenvalue weighted by molar-refractivity contribution is 6.76. The number of H-pyrrole nitrogens is 1. The Morgan fingerprint density at radius 1 is 1.04 bits per heavy atom. The molecule has 0 aliphatic carbocycles. The number of aliphatic hydroxyl groups excluding tert-OH is 1. The van der Waals surface area contributed by atoms with Crippen molar-refractivity contribution in [2.75, 3.05) is 50.9 Å². The number of aromatic nitrogens is 3. The topological polar surface area (TPSA) is 132 Å². The summed E-state index contributed by atoms with van der Waals surface area (Å²) in [4.78, 5) is 29.9. The van der Waals surface area contributed by atoms with Crippen LogP contribution in [0.15, 0.2) is 30.3 Å². The average Bonchev–Trinajstić information content (AvgIpc) is 3.79. The first kappa shape index (κ1) is 37.4. The summed E-state index contributed by atoms with van der Waals surface area (Å²) in [7, 11) is -1.32. The summed E-state index contributed by atoms with van der Waals surface area (Å²) < 4.78 is 29.5. The number of fused-ring (bicyclic) bond motifs is 2. The lowest BCUT2D eigenvalue weighted by molar-refractivity contribution is 0.00660. The lowest BCUT2D eigenvalue weighted by atomic mass is 9.71. The second kappa shape index (κ2) is 14.7. The number of carbonyl (C=O) groups excluding carboxylic acids is 1. The fraction of sp³-hybridized carbons (Fsp3) is 0.658. The summed E-state index contributed by atoms with van der Waals surface area (Å²) in [6.45, 7) is 17.3. The number of halogens is 1. The van der Waals surface area contributed by atoms with Crippen molar-refractivity contribution >= 4 is 42.6 Å². The van der Waals surface area contributed by atoms with Crippen LogP contribution >= 0.6 is 11.6 Å². The van der Waals surface area contributed by atoms with Crippen molar-refractivity contribution in [1.29, 1.82) is 0 Å². The zero-order chi connectivity index (χ0) is 36.8. The molecular formula is C38H54ClN5O7Si. The number of ether oxygens (including phenoxy) is 5. The monoisotopic (exact) mass is 755 g/mol. The Labute approximate surface area is 312 Å². The molecular weight excluding hydrogens is 702 g/mol. The maximum absolute atomic E-state index is 12.6. The third-order valence-corrected chi connectivity index (χ3v) is 13.0. The van der Waals surface area contributed by atoms with Crippen molar-refractivity contribution in [3.63, 3.8) is 0 Å². The minimum absolute atomic E-state index is 0.200. The molecule has 2 N–H and O–H groups in total. The van der Waals surface area contributed by atoms with Gasteiger partial charge in [-0.15, -0.1) is 0 Å². The van der Waals surface area contributed by atoms with Crippen molar-refractivity contribution in [3.8, 4) is 17.3 Å². The number of nitrogens with one attached hydrogen (secondary N) is 1. The van der Waals surface area contributed by atoms with Gasteiger partial charge in [0.15, 0.2) is 17.3 Å². The van der Waals surface area contributed by atoms with E-state index in [0.29, 0.717) is 36.1 Å². The van der Waals surface area contributed by atoms with Gasteiger partial charge < -0.3 is 43.6 Å². The zero-order valence-corrected chi connectivity index (χ0v) is 33.1. The van der Waals surface area contributed by atoms with E-state index in [1.807, 2.05) is 31.7 Å².